The van der Waals surface area contributed by atoms with E-state index in [4.69, 9.17) is 16.3 Å². The molecule has 4 rings (SSSR count). The molecule has 0 bridgehead atoms. The van der Waals surface area contributed by atoms with E-state index in [0.29, 0.717) is 52.5 Å². The van der Waals surface area contributed by atoms with Crippen molar-refractivity contribution in [2.24, 2.45) is 0 Å². The Morgan fingerprint density at radius 2 is 1.88 bits per heavy atom. The third-order valence-corrected chi connectivity index (χ3v) is 5.75. The fraction of sp³-hybridized carbons (Fsp3) is 0.250. The number of carbonyl (C=O) groups is 2. The lowest BCUT2D eigenvalue weighted by atomic mass is 9.99. The molecule has 1 aromatic heterocycles. The first-order chi connectivity index (χ1) is 16.2. The number of fused-ring (bicyclic) bond motifs is 1. The van der Waals surface area contributed by atoms with Crippen LogP contribution in [0.4, 0.5) is 13.2 Å². The number of halogens is 4. The minimum absolute atomic E-state index is 0.163. The van der Waals surface area contributed by atoms with Gasteiger partial charge in [-0.15, -0.1) is 24.8 Å². The summed E-state index contributed by atoms with van der Waals surface area (Å²) in [5.41, 5.74) is 2.99. The molecule has 1 aliphatic rings. The number of hydrogen-bond donors (Lipinski definition) is 1. The number of esters is 1. The van der Waals surface area contributed by atoms with Crippen LogP contribution in [0, 0.1) is 0 Å². The smallest absolute Gasteiger partial charge is 0.465 e. The SMILES string of the molecule is COC(=O)c1ccc(-c2c(-c3cccc(OC(F)(F)F)c3)cc3n2C(CCCl)CNC3=O)cc1. The molecule has 1 atom stereocenters. The van der Waals surface area contributed by atoms with E-state index in [2.05, 4.69) is 10.1 Å². The fourth-order valence-electron chi connectivity index (χ4n) is 4.09. The Morgan fingerprint density at radius 3 is 2.53 bits per heavy atom. The largest absolute Gasteiger partial charge is 0.573 e. The number of methoxy groups -OCH3 is 1. The lowest BCUT2D eigenvalue weighted by molar-refractivity contribution is -0.274. The minimum Gasteiger partial charge on any atom is -0.465 e. The van der Waals surface area contributed by atoms with Crippen molar-refractivity contribution in [3.8, 4) is 28.1 Å². The first-order valence-corrected chi connectivity index (χ1v) is 10.9. The van der Waals surface area contributed by atoms with Gasteiger partial charge in [0, 0.05) is 18.0 Å². The standard InChI is InChI=1S/C24H20ClF3N2O4/c1-33-23(32)15-7-5-14(6-8-15)21-19(16-3-2-4-18(11-16)34-24(26,27)28)12-20-22(31)29-13-17(9-10-25)30(20)21/h2-8,11-12,17H,9-10,13H2,1H3,(H,29,31). The highest BCUT2D eigenvalue weighted by molar-refractivity contribution is 6.17. The number of ether oxygens (including phenoxy) is 2. The molecule has 3 aromatic rings. The normalized spacial score (nSPS) is 15.4. The molecule has 0 saturated carbocycles. The van der Waals surface area contributed by atoms with E-state index in [9.17, 15) is 22.8 Å². The van der Waals surface area contributed by atoms with Gasteiger partial charge < -0.3 is 19.4 Å². The Labute approximate surface area is 198 Å². The molecule has 1 N–H and O–H groups in total. The van der Waals surface area contributed by atoms with Gasteiger partial charge in [-0.05, 0) is 47.9 Å². The zero-order chi connectivity index (χ0) is 24.5. The maximum atomic E-state index is 12.8. The molecule has 0 fully saturated rings. The zero-order valence-corrected chi connectivity index (χ0v) is 18.7. The second-order valence-corrected chi connectivity index (χ2v) is 8.03. The van der Waals surface area contributed by atoms with Gasteiger partial charge >= 0.3 is 12.3 Å². The first-order valence-electron chi connectivity index (χ1n) is 10.4. The van der Waals surface area contributed by atoms with Crippen LogP contribution in [0.25, 0.3) is 22.4 Å². The second-order valence-electron chi connectivity index (χ2n) is 7.65. The molecule has 1 amide bonds. The maximum Gasteiger partial charge on any atom is 0.573 e. The van der Waals surface area contributed by atoms with Crippen LogP contribution in [0.2, 0.25) is 0 Å². The van der Waals surface area contributed by atoms with Crippen LogP contribution < -0.4 is 10.1 Å². The molecule has 34 heavy (non-hydrogen) atoms. The molecule has 0 saturated heterocycles. The summed E-state index contributed by atoms with van der Waals surface area (Å²) in [6.07, 6.45) is -4.27. The monoisotopic (exact) mass is 492 g/mol. The molecule has 1 unspecified atom stereocenters. The molecule has 0 radical (unpaired) electrons. The number of aromatic nitrogens is 1. The van der Waals surface area contributed by atoms with Crippen LogP contribution in [0.15, 0.2) is 54.6 Å². The molecule has 2 heterocycles. The summed E-state index contributed by atoms with van der Waals surface area (Å²) in [6.45, 7) is 0.358. The molecule has 0 spiro atoms. The topological polar surface area (TPSA) is 69.6 Å². The number of nitrogens with zero attached hydrogens (tertiary/aromatic N) is 1. The van der Waals surface area contributed by atoms with Gasteiger partial charge in [0.05, 0.1) is 24.4 Å². The van der Waals surface area contributed by atoms with E-state index in [0.717, 1.165) is 0 Å². The summed E-state index contributed by atoms with van der Waals surface area (Å²) in [7, 11) is 1.28. The number of amides is 1. The lowest BCUT2D eigenvalue weighted by Crippen LogP contribution is -2.39. The number of rotatable bonds is 6. The van der Waals surface area contributed by atoms with Crippen LogP contribution in [0.3, 0.4) is 0 Å². The average Bonchev–Trinajstić information content (AvgIpc) is 3.21. The van der Waals surface area contributed by atoms with Gasteiger partial charge in [-0.1, -0.05) is 24.3 Å². The van der Waals surface area contributed by atoms with Crippen LogP contribution in [0.1, 0.15) is 33.3 Å². The van der Waals surface area contributed by atoms with Crippen LogP contribution >= 0.6 is 11.6 Å². The predicted molar refractivity (Wildman–Crippen MR) is 120 cm³/mol. The fourth-order valence-corrected chi connectivity index (χ4v) is 4.34. The highest BCUT2D eigenvalue weighted by Crippen LogP contribution is 2.40. The van der Waals surface area contributed by atoms with Gasteiger partial charge in [0.25, 0.3) is 5.91 Å². The van der Waals surface area contributed by atoms with Crippen LogP contribution in [0.5, 0.6) is 5.75 Å². The van der Waals surface area contributed by atoms with Crippen molar-refractivity contribution in [2.45, 2.75) is 18.8 Å². The maximum absolute atomic E-state index is 12.8. The summed E-state index contributed by atoms with van der Waals surface area (Å²) < 4.78 is 49.1. The van der Waals surface area contributed by atoms with Crippen LogP contribution in [-0.4, -0.2) is 42.3 Å². The summed E-state index contributed by atoms with van der Waals surface area (Å²) in [5, 5.41) is 2.84. The Kier molecular flexibility index (Phi) is 6.56. The van der Waals surface area contributed by atoms with Crippen molar-refractivity contribution in [1.29, 1.82) is 0 Å². The first kappa shape index (κ1) is 23.7. The van der Waals surface area contributed by atoms with E-state index < -0.39 is 12.3 Å². The molecular weight excluding hydrogens is 473 g/mol. The third-order valence-electron chi connectivity index (χ3n) is 5.53. The number of alkyl halides is 4. The van der Waals surface area contributed by atoms with Crippen molar-refractivity contribution < 1.29 is 32.2 Å². The summed E-state index contributed by atoms with van der Waals surface area (Å²) in [6, 6.07) is 13.7. The Morgan fingerprint density at radius 1 is 1.15 bits per heavy atom. The second kappa shape index (κ2) is 9.42. The van der Waals surface area contributed by atoms with Gasteiger partial charge in [0.2, 0.25) is 0 Å². The van der Waals surface area contributed by atoms with E-state index >= 15 is 0 Å². The quantitative estimate of drug-likeness (QED) is 0.368. The van der Waals surface area contributed by atoms with Gasteiger partial charge in [-0.25, -0.2) is 4.79 Å². The zero-order valence-electron chi connectivity index (χ0n) is 18.0. The van der Waals surface area contributed by atoms with E-state index in [1.54, 1.807) is 36.4 Å². The van der Waals surface area contributed by atoms with Gasteiger partial charge in [-0.3, -0.25) is 4.79 Å². The summed E-state index contributed by atoms with van der Waals surface area (Å²) in [5.74, 6) is -0.821. The van der Waals surface area contributed by atoms with Crippen molar-refractivity contribution >= 4 is 23.5 Å². The summed E-state index contributed by atoms with van der Waals surface area (Å²) in [4.78, 5) is 24.6. The van der Waals surface area contributed by atoms with E-state index in [-0.39, 0.29) is 17.7 Å². The molecular formula is C24H20ClF3N2O4. The molecule has 10 heteroatoms. The number of nitrogens with one attached hydrogen (secondary N) is 1. The predicted octanol–water partition coefficient (Wildman–Crippen LogP) is 5.42. The van der Waals surface area contributed by atoms with E-state index in [1.165, 1.54) is 25.3 Å². The number of hydrogen-bond acceptors (Lipinski definition) is 4. The highest BCUT2D eigenvalue weighted by Gasteiger charge is 2.33. The Balaban J connectivity index is 1.91. The van der Waals surface area contributed by atoms with Gasteiger partial charge in [-0.2, -0.15) is 0 Å². The summed E-state index contributed by atoms with van der Waals surface area (Å²) >= 11 is 6.01. The Hall–Kier alpha value is -3.46. The molecule has 0 aliphatic carbocycles. The van der Waals surface area contributed by atoms with Crippen molar-refractivity contribution in [3.05, 3.63) is 65.9 Å². The number of carbonyl (C=O) groups excluding carboxylic acids is 2. The lowest BCUT2D eigenvalue weighted by Gasteiger charge is -2.28. The Bertz CT molecular complexity index is 1220. The van der Waals surface area contributed by atoms with Crippen LogP contribution in [-0.2, 0) is 4.74 Å². The van der Waals surface area contributed by atoms with E-state index in [1.807, 2.05) is 4.57 Å². The third kappa shape index (κ3) is 4.75. The number of benzene rings is 2. The molecule has 2 aromatic carbocycles. The molecule has 178 valence electrons. The van der Waals surface area contributed by atoms with Gasteiger partial charge in [0.1, 0.15) is 11.4 Å². The van der Waals surface area contributed by atoms with Crippen molar-refractivity contribution in [1.82, 2.24) is 9.88 Å². The minimum atomic E-state index is -4.84. The highest BCUT2D eigenvalue weighted by atomic mass is 35.5. The van der Waals surface area contributed by atoms with Gasteiger partial charge in [0.15, 0.2) is 0 Å². The molecule has 6 nitrogen and oxygen atoms in total. The van der Waals surface area contributed by atoms with Crippen molar-refractivity contribution in [3.63, 3.8) is 0 Å². The molecule has 1 aliphatic heterocycles. The van der Waals surface area contributed by atoms with Crippen molar-refractivity contribution in [2.75, 3.05) is 19.5 Å². The average molecular weight is 493 g/mol.